The number of nitrogens with one attached hydrogen (secondary N) is 1. The smallest absolute Gasteiger partial charge is 0.662 e. The molecule has 0 atom stereocenters. The molecular formula is C33H45Cl2N6NaO8S4. The van der Waals surface area contributed by atoms with Crippen molar-refractivity contribution in [1.82, 2.24) is 28.6 Å². The maximum Gasteiger partial charge on any atom is 1.00 e. The van der Waals surface area contributed by atoms with Crippen LogP contribution in [0, 0.1) is 5.41 Å². The minimum Gasteiger partial charge on any atom is -0.662 e. The monoisotopic (exact) mass is 874 g/mol. The van der Waals surface area contributed by atoms with Gasteiger partial charge in [-0.1, -0.05) is 51.4 Å². The number of hydrogen-bond donors (Lipinski definition) is 1. The molecule has 2 aliphatic heterocycles. The summed E-state index contributed by atoms with van der Waals surface area (Å²) in [5, 5.41) is 20.3. The molecule has 21 heteroatoms. The molecule has 54 heavy (non-hydrogen) atoms. The van der Waals surface area contributed by atoms with E-state index < -0.39 is 25.5 Å². The Kier molecular flexibility index (Phi) is 18.5. The first-order valence-electron chi connectivity index (χ1n) is 16.1. The van der Waals surface area contributed by atoms with Gasteiger partial charge in [0, 0.05) is 64.6 Å². The fourth-order valence-electron chi connectivity index (χ4n) is 5.30. The molecular weight excluding hydrogens is 831 g/mol. The van der Waals surface area contributed by atoms with E-state index in [0.717, 1.165) is 55.6 Å². The summed E-state index contributed by atoms with van der Waals surface area (Å²) in [4.78, 5) is 26.5. The van der Waals surface area contributed by atoms with Gasteiger partial charge in [-0.2, -0.15) is 10.2 Å². The predicted molar refractivity (Wildman–Crippen MR) is 207 cm³/mol. The number of sulfonamides is 2. The zero-order valence-electron chi connectivity index (χ0n) is 30.2. The van der Waals surface area contributed by atoms with Crippen LogP contribution in [0.1, 0.15) is 77.4 Å². The maximum atomic E-state index is 12.8. The standard InChI is InChI=1S/C18H24ClN3O3S2.C13H16ClN3O2S2.CH2O3.CH4.Na/c1-18(2,3)17(23)22-13(5-6-14-7-8-16(19)26-14)9-15(20-22)12-10-21(11-12)27(4,24)25;1-21(18,19)17-7-9(8-17)12-6-10(15-16-12)2-3-11-4-5-13(14)20-11;2-1-4-3;;/h7-9,12H,5-6,10-11H2,1-4H3;4-6,9H,2-3,7-8H2,1H3,(H,15,16);1,3H;1H4;/q;;;;+1/p-1. The van der Waals surface area contributed by atoms with Gasteiger partial charge in [-0.15, -0.1) is 22.7 Å². The van der Waals surface area contributed by atoms with Gasteiger partial charge in [0.15, 0.2) is 0 Å². The molecule has 0 radical (unpaired) electrons. The summed E-state index contributed by atoms with van der Waals surface area (Å²) in [6.07, 6.45) is 5.72. The minimum atomic E-state index is -3.17. The summed E-state index contributed by atoms with van der Waals surface area (Å²) >= 11 is 15.0. The Balaban J connectivity index is 0.000000336. The number of hydrogen-bond acceptors (Lipinski definition) is 12. The fraction of sp³-hybridized carbons (Fsp3) is 0.515. The SMILES string of the molecule is C.CC(C)(C)C(=O)n1nc(C2CN(S(C)(=O)=O)C2)cc1CCc1ccc(Cl)s1.CS(=O)(=O)N1CC(c2cc(CCc3ccc(Cl)s3)[nH]n2)C1.O=CO[O-].[Na+]. The Morgan fingerprint density at radius 3 is 1.76 bits per heavy atom. The maximum absolute atomic E-state index is 12.8. The number of halogens is 2. The Morgan fingerprint density at radius 2 is 1.35 bits per heavy atom. The Morgan fingerprint density at radius 1 is 0.889 bits per heavy atom. The first-order chi connectivity index (χ1) is 24.3. The summed E-state index contributed by atoms with van der Waals surface area (Å²) in [5.74, 6) is 0.178. The Hall–Kier alpha value is -1.68. The van der Waals surface area contributed by atoms with Crippen LogP contribution in [-0.2, 0) is 55.4 Å². The van der Waals surface area contributed by atoms with Crippen molar-refractivity contribution in [2.24, 2.45) is 5.41 Å². The van der Waals surface area contributed by atoms with Gasteiger partial charge in [0.05, 0.1) is 32.6 Å². The van der Waals surface area contributed by atoms with Crippen LogP contribution in [0.15, 0.2) is 36.4 Å². The summed E-state index contributed by atoms with van der Waals surface area (Å²) in [7, 11) is -6.23. The second-order valence-electron chi connectivity index (χ2n) is 13.5. The van der Waals surface area contributed by atoms with Crippen LogP contribution >= 0.6 is 45.9 Å². The summed E-state index contributed by atoms with van der Waals surface area (Å²) in [5.41, 5.74) is 3.11. The molecule has 4 aromatic rings. The van der Waals surface area contributed by atoms with Crippen molar-refractivity contribution in [2.75, 3.05) is 38.7 Å². The number of rotatable bonds is 11. The third-order valence-electron chi connectivity index (χ3n) is 8.32. The molecule has 0 spiro atoms. The van der Waals surface area contributed by atoms with Gasteiger partial charge in [0.25, 0.3) is 12.4 Å². The molecule has 2 aliphatic rings. The van der Waals surface area contributed by atoms with Crippen LogP contribution in [0.4, 0.5) is 0 Å². The number of aromatic nitrogens is 4. The molecule has 0 amide bonds. The van der Waals surface area contributed by atoms with Gasteiger partial charge < -0.3 is 10.1 Å². The number of aromatic amines is 1. The van der Waals surface area contributed by atoms with Crippen molar-refractivity contribution in [2.45, 2.75) is 65.7 Å². The number of H-pyrrole nitrogens is 1. The van der Waals surface area contributed by atoms with E-state index in [1.54, 1.807) is 11.3 Å². The van der Waals surface area contributed by atoms with Gasteiger partial charge in [-0.05, 0) is 62.1 Å². The fourth-order valence-corrected chi connectivity index (χ4v) is 9.28. The molecule has 6 heterocycles. The second-order valence-corrected chi connectivity index (χ2v) is 21.1. The Bertz CT molecular complexity index is 2050. The molecule has 4 aromatic heterocycles. The van der Waals surface area contributed by atoms with Crippen LogP contribution in [0.5, 0.6) is 0 Å². The van der Waals surface area contributed by atoms with Crippen molar-refractivity contribution < 1.29 is 66.1 Å². The molecule has 6 rings (SSSR count). The van der Waals surface area contributed by atoms with Crippen LogP contribution in [0.2, 0.25) is 8.67 Å². The molecule has 0 saturated carbocycles. The molecule has 0 aliphatic carbocycles. The van der Waals surface area contributed by atoms with Crippen molar-refractivity contribution in [3.8, 4) is 0 Å². The zero-order chi connectivity index (χ0) is 38.4. The van der Waals surface area contributed by atoms with E-state index in [1.807, 2.05) is 57.2 Å². The predicted octanol–water partition coefficient (Wildman–Crippen LogP) is 1.77. The van der Waals surface area contributed by atoms with Crippen LogP contribution in [-0.4, -0.2) is 96.5 Å². The molecule has 2 saturated heterocycles. The number of carbonyl (C=O) groups excluding carboxylic acids is 2. The normalized spacial score (nSPS) is 15.3. The van der Waals surface area contributed by atoms with E-state index >= 15 is 0 Å². The zero-order valence-corrected chi connectivity index (χ0v) is 37.0. The van der Waals surface area contributed by atoms with Crippen LogP contribution in [0.25, 0.3) is 0 Å². The van der Waals surface area contributed by atoms with Crippen molar-refractivity contribution in [3.63, 3.8) is 0 Å². The molecule has 294 valence electrons. The molecule has 2 fully saturated rings. The minimum absolute atomic E-state index is 0. The number of nitrogens with zero attached hydrogens (tertiary/aromatic N) is 5. The first-order valence-corrected chi connectivity index (χ1v) is 22.2. The van der Waals surface area contributed by atoms with Gasteiger partial charge in [0.2, 0.25) is 20.0 Å². The molecule has 1 N–H and O–H groups in total. The van der Waals surface area contributed by atoms with E-state index in [4.69, 9.17) is 33.3 Å². The number of carbonyl (C=O) groups is 2. The molecule has 14 nitrogen and oxygen atoms in total. The van der Waals surface area contributed by atoms with Gasteiger partial charge >= 0.3 is 29.6 Å². The molecule has 0 aromatic carbocycles. The molecule has 0 unspecified atom stereocenters. The van der Waals surface area contributed by atoms with Crippen LogP contribution in [0.3, 0.4) is 0 Å². The average Bonchev–Trinajstić information content (AvgIpc) is 3.80. The topological polar surface area (TPSA) is 188 Å². The van der Waals surface area contributed by atoms with Crippen molar-refractivity contribution in [1.29, 1.82) is 0 Å². The third-order valence-corrected chi connectivity index (χ3v) is 13.4. The second kappa shape index (κ2) is 20.7. The van der Waals surface area contributed by atoms with Crippen LogP contribution < -0.4 is 34.8 Å². The summed E-state index contributed by atoms with van der Waals surface area (Å²) in [6.45, 7) is 7.32. The first kappa shape index (κ1) is 48.5. The Labute approximate surface area is 357 Å². The van der Waals surface area contributed by atoms with E-state index in [0.29, 0.717) is 32.6 Å². The van der Waals surface area contributed by atoms with Gasteiger partial charge in [0.1, 0.15) is 0 Å². The number of thiophene rings is 2. The van der Waals surface area contributed by atoms with Gasteiger partial charge in [-0.25, -0.2) is 30.1 Å². The summed E-state index contributed by atoms with van der Waals surface area (Å²) < 4.78 is 51.9. The van der Waals surface area contributed by atoms with E-state index in [2.05, 4.69) is 20.2 Å². The van der Waals surface area contributed by atoms with E-state index in [9.17, 15) is 21.6 Å². The summed E-state index contributed by atoms with van der Waals surface area (Å²) in [6, 6.07) is 11.8. The average molecular weight is 876 g/mol. The van der Waals surface area contributed by atoms with Gasteiger partial charge in [-0.3, -0.25) is 14.7 Å². The largest absolute Gasteiger partial charge is 1.00 e. The third kappa shape index (κ3) is 13.8. The molecule has 0 bridgehead atoms. The number of aryl methyl sites for hydroxylation is 4. The quantitative estimate of drug-likeness (QED) is 0.101. The van der Waals surface area contributed by atoms with E-state index in [1.165, 1.54) is 42.0 Å². The van der Waals surface area contributed by atoms with Crippen molar-refractivity contribution in [3.05, 3.63) is 77.6 Å². The van der Waals surface area contributed by atoms with E-state index in [-0.39, 0.29) is 61.2 Å². The van der Waals surface area contributed by atoms with Crippen molar-refractivity contribution >= 4 is 78.3 Å².